The van der Waals surface area contributed by atoms with Crippen LogP contribution >= 0.6 is 0 Å². The molecule has 0 aromatic heterocycles. The van der Waals surface area contributed by atoms with E-state index in [1.807, 2.05) is 0 Å². The third kappa shape index (κ3) is 3.43. The Morgan fingerprint density at radius 1 is 0.931 bits per heavy atom. The molecule has 29 heavy (non-hydrogen) atoms. The van der Waals surface area contributed by atoms with Gasteiger partial charge in [0, 0.05) is 13.0 Å². The lowest BCUT2D eigenvalue weighted by atomic mass is 9.44. The second kappa shape index (κ2) is 7.93. The third-order valence-electron chi connectivity index (χ3n) is 10.7. The molecule has 0 spiro atoms. The van der Waals surface area contributed by atoms with Gasteiger partial charge in [-0.3, -0.25) is 0 Å². The number of carbonyl (C=O) groups is 1. The maximum absolute atomic E-state index is 11.3. The summed E-state index contributed by atoms with van der Waals surface area (Å²) < 4.78 is 12.3. The van der Waals surface area contributed by atoms with Gasteiger partial charge in [-0.05, 0) is 117 Å². The molecular weight excluding hydrogens is 360 g/mol. The van der Waals surface area contributed by atoms with Crippen molar-refractivity contribution in [3.8, 4) is 0 Å². The molecule has 0 radical (unpaired) electrons. The van der Waals surface area contributed by atoms with Crippen molar-refractivity contribution >= 4 is 6.29 Å². The van der Waals surface area contributed by atoms with Crippen molar-refractivity contribution in [1.29, 1.82) is 0 Å². The Bertz CT molecular complexity index is 599. The van der Waals surface area contributed by atoms with E-state index in [9.17, 15) is 4.79 Å². The first-order valence-corrected chi connectivity index (χ1v) is 12.8. The molecule has 5 rings (SSSR count). The normalized spacial score (nSPS) is 52.3. The van der Waals surface area contributed by atoms with Gasteiger partial charge >= 0.3 is 0 Å². The van der Waals surface area contributed by atoms with Crippen LogP contribution in [-0.4, -0.2) is 25.3 Å². The molecule has 3 heteroatoms. The molecule has 4 unspecified atom stereocenters. The number of rotatable bonds is 4. The summed E-state index contributed by atoms with van der Waals surface area (Å²) in [5.41, 5.74) is 0.949. The van der Waals surface area contributed by atoms with E-state index in [1.165, 1.54) is 76.9 Å². The van der Waals surface area contributed by atoms with Crippen molar-refractivity contribution in [1.82, 2.24) is 0 Å². The van der Waals surface area contributed by atoms with Crippen LogP contribution < -0.4 is 0 Å². The van der Waals surface area contributed by atoms with Crippen LogP contribution in [0.2, 0.25) is 0 Å². The molecular formula is C26H42O3. The van der Waals surface area contributed by atoms with Crippen LogP contribution in [0.3, 0.4) is 0 Å². The molecule has 3 nitrogen and oxygen atoms in total. The largest absolute Gasteiger partial charge is 0.353 e. The Kier molecular flexibility index (Phi) is 5.60. The first-order valence-electron chi connectivity index (χ1n) is 12.8. The zero-order valence-electron chi connectivity index (χ0n) is 18.7. The Morgan fingerprint density at radius 2 is 1.76 bits per heavy atom. The average Bonchev–Trinajstić information content (AvgIpc) is 3.06. The van der Waals surface area contributed by atoms with Crippen molar-refractivity contribution in [3.05, 3.63) is 0 Å². The van der Waals surface area contributed by atoms with Crippen LogP contribution in [0, 0.1) is 40.4 Å². The molecule has 0 aromatic rings. The van der Waals surface area contributed by atoms with Crippen LogP contribution in [0.15, 0.2) is 0 Å². The van der Waals surface area contributed by atoms with Gasteiger partial charge in [0.15, 0.2) is 6.29 Å². The predicted molar refractivity (Wildman–Crippen MR) is 114 cm³/mol. The molecule has 0 bridgehead atoms. The number of aldehydes is 1. The summed E-state index contributed by atoms with van der Waals surface area (Å²) in [6, 6.07) is 0. The molecule has 0 aromatic carbocycles. The predicted octanol–water partition coefficient (Wildman–Crippen LogP) is 6.15. The Balaban J connectivity index is 1.27. The van der Waals surface area contributed by atoms with Crippen molar-refractivity contribution in [2.24, 2.45) is 40.4 Å². The van der Waals surface area contributed by atoms with Gasteiger partial charge in [0.1, 0.15) is 6.29 Å². The van der Waals surface area contributed by atoms with Gasteiger partial charge in [-0.1, -0.05) is 13.8 Å². The van der Waals surface area contributed by atoms with E-state index in [2.05, 4.69) is 13.8 Å². The number of carbonyl (C=O) groups excluding carboxylic acids is 1. The van der Waals surface area contributed by atoms with Gasteiger partial charge in [0.2, 0.25) is 0 Å². The van der Waals surface area contributed by atoms with Crippen LogP contribution in [0.5, 0.6) is 0 Å². The van der Waals surface area contributed by atoms with Crippen molar-refractivity contribution in [2.45, 2.75) is 110 Å². The van der Waals surface area contributed by atoms with Crippen molar-refractivity contribution in [3.63, 3.8) is 0 Å². The standard InChI is InChI=1S/C26H42O3/c1-25-14-11-23-21(22(25)9-7-18(25)12-15-27)8-6-19-17-20(10-13-26(19,23)2)29-24-5-3-4-16-28-24/h15,18-24H,3-14,16-17H2,1-2H3/t18-,19+,20?,21?,22+,23?,24?,25-,26+/m0/s1. The van der Waals surface area contributed by atoms with Crippen LogP contribution in [-0.2, 0) is 14.3 Å². The first-order chi connectivity index (χ1) is 14.0. The van der Waals surface area contributed by atoms with Gasteiger partial charge in [-0.25, -0.2) is 0 Å². The maximum Gasteiger partial charge on any atom is 0.157 e. The Morgan fingerprint density at radius 3 is 2.55 bits per heavy atom. The number of fused-ring (bicyclic) bond motifs is 5. The summed E-state index contributed by atoms with van der Waals surface area (Å²) in [4.78, 5) is 11.3. The van der Waals surface area contributed by atoms with E-state index < -0.39 is 0 Å². The number of hydrogen-bond acceptors (Lipinski definition) is 3. The van der Waals surface area contributed by atoms with Gasteiger partial charge in [0.05, 0.1) is 6.10 Å². The summed E-state index contributed by atoms with van der Waals surface area (Å²) in [7, 11) is 0. The van der Waals surface area contributed by atoms with Crippen LogP contribution in [0.4, 0.5) is 0 Å². The molecule has 5 fully saturated rings. The van der Waals surface area contributed by atoms with E-state index in [-0.39, 0.29) is 6.29 Å². The molecule has 164 valence electrons. The molecule has 1 heterocycles. The summed E-state index contributed by atoms with van der Waals surface area (Å²) >= 11 is 0. The zero-order chi connectivity index (χ0) is 20.1. The molecule has 9 atom stereocenters. The van der Waals surface area contributed by atoms with Crippen molar-refractivity contribution in [2.75, 3.05) is 6.61 Å². The van der Waals surface area contributed by atoms with Crippen LogP contribution in [0.25, 0.3) is 0 Å². The fourth-order valence-corrected chi connectivity index (χ4v) is 8.99. The Hall–Kier alpha value is -0.410. The summed E-state index contributed by atoms with van der Waals surface area (Å²) in [6.45, 7) is 6.06. The quantitative estimate of drug-likeness (QED) is 0.418. The summed E-state index contributed by atoms with van der Waals surface area (Å²) in [5, 5.41) is 0. The second-order valence-electron chi connectivity index (χ2n) is 11.7. The minimum absolute atomic E-state index is 0.0677. The van der Waals surface area contributed by atoms with E-state index >= 15 is 0 Å². The smallest absolute Gasteiger partial charge is 0.157 e. The molecule has 1 aliphatic heterocycles. The fraction of sp³-hybridized carbons (Fsp3) is 0.962. The molecule has 1 saturated heterocycles. The number of hydrogen-bond donors (Lipinski definition) is 0. The maximum atomic E-state index is 11.3. The van der Waals surface area contributed by atoms with Gasteiger partial charge in [-0.2, -0.15) is 0 Å². The lowest BCUT2D eigenvalue weighted by molar-refractivity contribution is -0.212. The highest BCUT2D eigenvalue weighted by atomic mass is 16.7. The topological polar surface area (TPSA) is 35.5 Å². The van der Waals surface area contributed by atoms with Gasteiger partial charge in [-0.15, -0.1) is 0 Å². The Labute approximate surface area is 177 Å². The van der Waals surface area contributed by atoms with Gasteiger partial charge < -0.3 is 14.3 Å². The highest BCUT2D eigenvalue weighted by molar-refractivity contribution is 5.50. The minimum atomic E-state index is 0.0677. The van der Waals surface area contributed by atoms with E-state index in [0.29, 0.717) is 22.9 Å². The fourth-order valence-electron chi connectivity index (χ4n) is 8.99. The lowest BCUT2D eigenvalue weighted by Crippen LogP contribution is -2.54. The SMILES string of the molecule is C[C@@]12CCC3C(CC[C@@H]4CC(OC5CCCCO5)CC[C@@]34C)[C@H]1CC[C@H]2CC=O. The van der Waals surface area contributed by atoms with Crippen molar-refractivity contribution < 1.29 is 14.3 Å². The lowest BCUT2D eigenvalue weighted by Gasteiger charge is -2.61. The van der Waals surface area contributed by atoms with E-state index in [1.54, 1.807) is 0 Å². The molecule has 4 aliphatic carbocycles. The monoisotopic (exact) mass is 402 g/mol. The molecule has 4 saturated carbocycles. The summed E-state index contributed by atoms with van der Waals surface area (Å²) in [6.07, 6.45) is 18.1. The second-order valence-corrected chi connectivity index (χ2v) is 11.7. The minimum Gasteiger partial charge on any atom is -0.353 e. The zero-order valence-corrected chi connectivity index (χ0v) is 18.7. The van der Waals surface area contributed by atoms with Crippen LogP contribution in [0.1, 0.15) is 97.3 Å². The van der Waals surface area contributed by atoms with Gasteiger partial charge in [0.25, 0.3) is 0 Å². The molecule has 5 aliphatic rings. The molecule has 0 amide bonds. The summed E-state index contributed by atoms with van der Waals surface area (Å²) in [5.74, 6) is 4.17. The third-order valence-corrected chi connectivity index (χ3v) is 10.7. The first kappa shape index (κ1) is 20.5. The molecule has 0 N–H and O–H groups in total. The van der Waals surface area contributed by atoms with E-state index in [4.69, 9.17) is 9.47 Å². The highest BCUT2D eigenvalue weighted by Crippen LogP contribution is 2.67. The van der Waals surface area contributed by atoms with E-state index in [0.717, 1.165) is 43.1 Å². The average molecular weight is 403 g/mol. The number of ether oxygens (including phenoxy) is 2. The highest BCUT2D eigenvalue weighted by Gasteiger charge is 2.60.